The zero-order valence-electron chi connectivity index (χ0n) is 12.3. The minimum atomic E-state index is -0.539. The molecule has 0 unspecified atom stereocenters. The molecule has 1 fully saturated rings. The van der Waals surface area contributed by atoms with Crippen molar-refractivity contribution in [3.8, 4) is 0 Å². The lowest BCUT2D eigenvalue weighted by Gasteiger charge is -2.34. The Morgan fingerprint density at radius 2 is 2.09 bits per heavy atom. The fourth-order valence-corrected chi connectivity index (χ4v) is 2.78. The first-order valence-corrected chi connectivity index (χ1v) is 7.41. The third kappa shape index (κ3) is 2.18. The number of fused-ring (bicyclic) bond motifs is 1. The van der Waals surface area contributed by atoms with Gasteiger partial charge in [-0.25, -0.2) is 4.79 Å². The highest BCUT2D eigenvalue weighted by Gasteiger charge is 2.39. The van der Waals surface area contributed by atoms with E-state index in [1.807, 2.05) is 0 Å². The van der Waals surface area contributed by atoms with Crippen molar-refractivity contribution >= 4 is 10.9 Å². The van der Waals surface area contributed by atoms with Crippen molar-refractivity contribution in [3.63, 3.8) is 0 Å². The molecule has 0 saturated heterocycles. The molecular formula is C15H15N5O3. The van der Waals surface area contributed by atoms with Crippen molar-refractivity contribution in [2.24, 2.45) is 5.73 Å². The predicted molar refractivity (Wildman–Crippen MR) is 81.9 cm³/mol. The van der Waals surface area contributed by atoms with Crippen LogP contribution in [0.4, 0.5) is 0 Å². The quantitative estimate of drug-likeness (QED) is 0.725. The summed E-state index contributed by atoms with van der Waals surface area (Å²) in [6.45, 7) is -0.0813. The van der Waals surface area contributed by atoms with Gasteiger partial charge in [0, 0.05) is 0 Å². The van der Waals surface area contributed by atoms with E-state index in [2.05, 4.69) is 15.1 Å². The second kappa shape index (κ2) is 4.88. The van der Waals surface area contributed by atoms with Gasteiger partial charge in [-0.15, -0.1) is 0 Å². The first-order valence-electron chi connectivity index (χ1n) is 7.41. The smallest absolute Gasteiger partial charge is 0.329 e. The van der Waals surface area contributed by atoms with E-state index in [1.165, 1.54) is 0 Å². The summed E-state index contributed by atoms with van der Waals surface area (Å²) in [4.78, 5) is 31.5. The van der Waals surface area contributed by atoms with Gasteiger partial charge in [0.1, 0.15) is 6.54 Å². The number of nitrogens with two attached hydrogens (primary N) is 1. The molecule has 23 heavy (non-hydrogen) atoms. The van der Waals surface area contributed by atoms with Crippen LogP contribution in [0.15, 0.2) is 38.4 Å². The van der Waals surface area contributed by atoms with Gasteiger partial charge >= 0.3 is 5.69 Å². The molecule has 3 aromatic rings. The van der Waals surface area contributed by atoms with Crippen molar-refractivity contribution in [1.29, 1.82) is 0 Å². The molecule has 4 rings (SSSR count). The topological polar surface area (TPSA) is 120 Å². The molecule has 0 amide bonds. The number of benzene rings is 1. The number of hydrogen-bond donors (Lipinski definition) is 2. The van der Waals surface area contributed by atoms with E-state index in [4.69, 9.17) is 10.3 Å². The summed E-state index contributed by atoms with van der Waals surface area (Å²) in [6.07, 6.45) is 2.65. The molecule has 8 heteroatoms. The molecule has 3 N–H and O–H groups in total. The Kier molecular flexibility index (Phi) is 2.95. The van der Waals surface area contributed by atoms with Gasteiger partial charge < -0.3 is 15.2 Å². The van der Waals surface area contributed by atoms with Crippen LogP contribution < -0.4 is 17.0 Å². The maximum absolute atomic E-state index is 12.5. The molecular weight excluding hydrogens is 298 g/mol. The van der Waals surface area contributed by atoms with E-state index in [-0.39, 0.29) is 12.4 Å². The maximum atomic E-state index is 12.5. The number of rotatable bonds is 3. The lowest BCUT2D eigenvalue weighted by molar-refractivity contribution is 0.228. The van der Waals surface area contributed by atoms with Crippen LogP contribution in [0.5, 0.6) is 0 Å². The summed E-state index contributed by atoms with van der Waals surface area (Å²) in [5.74, 6) is 0.628. The van der Waals surface area contributed by atoms with Crippen LogP contribution in [-0.4, -0.2) is 19.7 Å². The van der Waals surface area contributed by atoms with E-state index in [9.17, 15) is 9.59 Å². The molecule has 1 aliphatic carbocycles. The van der Waals surface area contributed by atoms with Crippen LogP contribution in [0.3, 0.4) is 0 Å². The molecule has 8 nitrogen and oxygen atoms in total. The normalized spacial score (nSPS) is 16.4. The van der Waals surface area contributed by atoms with Gasteiger partial charge in [0.05, 0.1) is 16.4 Å². The molecule has 2 aromatic heterocycles. The van der Waals surface area contributed by atoms with Crippen molar-refractivity contribution in [2.75, 3.05) is 0 Å². The zero-order chi connectivity index (χ0) is 16.0. The Morgan fingerprint density at radius 1 is 1.30 bits per heavy atom. The van der Waals surface area contributed by atoms with Crippen molar-refractivity contribution < 1.29 is 4.52 Å². The lowest BCUT2D eigenvalue weighted by Crippen LogP contribution is -2.44. The summed E-state index contributed by atoms with van der Waals surface area (Å²) in [5.41, 5.74) is 5.20. The minimum Gasteiger partial charge on any atom is -0.337 e. The highest BCUT2D eigenvalue weighted by atomic mass is 16.5. The number of aromatic amines is 1. The van der Waals surface area contributed by atoms with Gasteiger partial charge in [0.25, 0.3) is 5.56 Å². The van der Waals surface area contributed by atoms with Crippen LogP contribution in [0.1, 0.15) is 31.0 Å². The highest BCUT2D eigenvalue weighted by molar-refractivity contribution is 5.76. The Hall–Kier alpha value is -2.74. The summed E-state index contributed by atoms with van der Waals surface area (Å²) >= 11 is 0. The van der Waals surface area contributed by atoms with Crippen LogP contribution >= 0.6 is 0 Å². The third-order valence-electron chi connectivity index (χ3n) is 4.34. The van der Waals surface area contributed by atoms with Gasteiger partial charge in [-0.3, -0.25) is 9.36 Å². The van der Waals surface area contributed by atoms with E-state index < -0.39 is 16.8 Å². The van der Waals surface area contributed by atoms with Gasteiger partial charge in [-0.2, -0.15) is 4.98 Å². The fraction of sp³-hybridized carbons (Fsp3) is 0.333. The van der Waals surface area contributed by atoms with Gasteiger partial charge in [-0.1, -0.05) is 17.3 Å². The minimum absolute atomic E-state index is 0.0813. The molecule has 0 bridgehead atoms. The number of hydrogen-bond acceptors (Lipinski definition) is 6. The Morgan fingerprint density at radius 3 is 2.83 bits per heavy atom. The van der Waals surface area contributed by atoms with Gasteiger partial charge in [-0.05, 0) is 31.4 Å². The second-order valence-corrected chi connectivity index (χ2v) is 5.89. The fourth-order valence-electron chi connectivity index (χ4n) is 2.78. The standard InChI is InChI=1S/C15H15N5O3/c16-15(6-3-7-15)13-18-11(23-19-13)8-20-12(21)9-4-1-2-5-10(9)17-14(20)22/h1-2,4-5H,3,6-8,16H2,(H,17,22). The predicted octanol–water partition coefficient (Wildman–Crippen LogP) is 0.459. The monoisotopic (exact) mass is 313 g/mol. The van der Waals surface area contributed by atoms with E-state index in [0.717, 1.165) is 23.8 Å². The summed E-state index contributed by atoms with van der Waals surface area (Å²) in [7, 11) is 0. The van der Waals surface area contributed by atoms with Crippen LogP contribution in [0.2, 0.25) is 0 Å². The SMILES string of the molecule is NC1(c2noc(Cn3c(=O)[nH]c4ccccc4c3=O)n2)CCC1. The number of para-hydroxylation sites is 1. The van der Waals surface area contributed by atoms with Crippen LogP contribution in [0.25, 0.3) is 10.9 Å². The van der Waals surface area contributed by atoms with Crippen molar-refractivity contribution in [2.45, 2.75) is 31.3 Å². The van der Waals surface area contributed by atoms with Crippen molar-refractivity contribution in [1.82, 2.24) is 19.7 Å². The molecule has 0 atom stereocenters. The Bertz CT molecular complexity index is 996. The number of aromatic nitrogens is 4. The Balaban J connectivity index is 1.73. The zero-order valence-corrected chi connectivity index (χ0v) is 12.3. The largest absolute Gasteiger partial charge is 0.337 e. The van der Waals surface area contributed by atoms with Crippen LogP contribution in [0, 0.1) is 0 Å². The van der Waals surface area contributed by atoms with Crippen molar-refractivity contribution in [3.05, 3.63) is 56.8 Å². The van der Waals surface area contributed by atoms with Crippen LogP contribution in [-0.2, 0) is 12.1 Å². The molecule has 1 aliphatic rings. The molecule has 0 spiro atoms. The summed E-state index contributed by atoms with van der Waals surface area (Å²) in [6, 6.07) is 6.84. The first kappa shape index (κ1) is 13.9. The summed E-state index contributed by atoms with van der Waals surface area (Å²) < 4.78 is 6.20. The van der Waals surface area contributed by atoms with E-state index in [1.54, 1.807) is 24.3 Å². The average molecular weight is 313 g/mol. The highest BCUT2D eigenvalue weighted by Crippen LogP contribution is 2.36. The third-order valence-corrected chi connectivity index (χ3v) is 4.34. The number of H-pyrrole nitrogens is 1. The molecule has 2 heterocycles. The number of nitrogens with zero attached hydrogens (tertiary/aromatic N) is 3. The average Bonchev–Trinajstić information content (AvgIpc) is 2.98. The maximum Gasteiger partial charge on any atom is 0.329 e. The van der Waals surface area contributed by atoms with E-state index >= 15 is 0 Å². The number of nitrogens with one attached hydrogen (secondary N) is 1. The molecule has 118 valence electrons. The van der Waals surface area contributed by atoms with E-state index in [0.29, 0.717) is 16.7 Å². The molecule has 0 aliphatic heterocycles. The summed E-state index contributed by atoms with van der Waals surface area (Å²) in [5, 5.41) is 4.32. The lowest BCUT2D eigenvalue weighted by atomic mass is 9.77. The molecule has 1 aromatic carbocycles. The first-order chi connectivity index (χ1) is 11.1. The molecule has 0 radical (unpaired) electrons. The van der Waals surface area contributed by atoms with Gasteiger partial charge in [0.2, 0.25) is 5.89 Å². The molecule has 1 saturated carbocycles. The Labute approximate surface area is 129 Å². The second-order valence-electron chi connectivity index (χ2n) is 5.89. The van der Waals surface area contributed by atoms with Gasteiger partial charge in [0.15, 0.2) is 5.82 Å².